The van der Waals surface area contributed by atoms with Gasteiger partial charge in [-0.2, -0.15) is 0 Å². The zero-order valence-corrected chi connectivity index (χ0v) is 18.4. The Kier molecular flexibility index (Phi) is 4.00. The highest BCUT2D eigenvalue weighted by Gasteiger charge is 2.57. The molecule has 0 bridgehead atoms. The van der Waals surface area contributed by atoms with E-state index in [0.29, 0.717) is 0 Å². The van der Waals surface area contributed by atoms with Crippen LogP contribution in [0.3, 0.4) is 0 Å². The predicted molar refractivity (Wildman–Crippen MR) is 112 cm³/mol. The van der Waals surface area contributed by atoms with Crippen molar-refractivity contribution in [3.8, 4) is 0 Å². The molecular formula is C6H4I4S4. The highest BCUT2D eigenvalue weighted by atomic mass is 127. The first-order chi connectivity index (χ1) is 6.22. The van der Waals surface area contributed by atoms with E-state index >= 15 is 0 Å². The van der Waals surface area contributed by atoms with Crippen molar-refractivity contribution in [1.82, 2.24) is 0 Å². The van der Waals surface area contributed by atoms with Crippen molar-refractivity contribution in [1.29, 1.82) is 0 Å². The van der Waals surface area contributed by atoms with Crippen molar-refractivity contribution in [2.24, 2.45) is 0 Å². The summed E-state index contributed by atoms with van der Waals surface area (Å²) in [5, 5.41) is 8.95. The maximum atomic E-state index is 2.64. The number of rotatable bonds is 0. The summed E-state index contributed by atoms with van der Waals surface area (Å²) in [6.45, 7) is 0. The Bertz CT molecular complexity index is 377. The molecule has 2 heterocycles. The molecule has 0 aromatic carbocycles. The number of halogens is 4. The average molecular weight is 712 g/mol. The van der Waals surface area contributed by atoms with E-state index in [1.54, 1.807) is 0 Å². The second-order valence-corrected chi connectivity index (χ2v) is 66.4. The van der Waals surface area contributed by atoms with Gasteiger partial charge in [-0.15, -0.1) is 0 Å². The van der Waals surface area contributed by atoms with Gasteiger partial charge >= 0.3 is 0 Å². The van der Waals surface area contributed by atoms with Gasteiger partial charge in [0.15, 0.2) is 0 Å². The second kappa shape index (κ2) is 4.02. The Hall–Kier alpha value is 3.54. The molecule has 0 saturated carbocycles. The van der Waals surface area contributed by atoms with Crippen molar-refractivity contribution in [2.45, 2.75) is 0 Å². The van der Waals surface area contributed by atoms with Crippen LogP contribution in [0.5, 0.6) is 0 Å². The van der Waals surface area contributed by atoms with Crippen LogP contribution in [-0.2, 0) is 0 Å². The largest absolute Gasteiger partial charge is 0.0887 e. The van der Waals surface area contributed by atoms with E-state index in [2.05, 4.69) is 106 Å². The maximum absolute atomic E-state index is 2.64. The van der Waals surface area contributed by atoms with Crippen LogP contribution in [0.15, 0.2) is 30.1 Å². The molecule has 0 aliphatic carbocycles. The van der Waals surface area contributed by atoms with Gasteiger partial charge in [-0.05, 0) is 106 Å². The summed E-state index contributed by atoms with van der Waals surface area (Å²) < 4.78 is 0.807. The van der Waals surface area contributed by atoms with Crippen LogP contribution < -0.4 is 0 Å². The summed E-state index contributed by atoms with van der Waals surface area (Å²) in [4.78, 5) is 0. The lowest BCUT2D eigenvalue weighted by Gasteiger charge is -2.55. The molecule has 0 spiro atoms. The van der Waals surface area contributed by atoms with Crippen molar-refractivity contribution < 1.29 is 0 Å². The summed E-state index contributed by atoms with van der Waals surface area (Å²) >= 11 is 16.2. The molecule has 0 unspecified atom stereocenters. The Morgan fingerprint density at radius 2 is 1.43 bits per heavy atom. The van der Waals surface area contributed by atoms with E-state index in [9.17, 15) is 0 Å². The van der Waals surface area contributed by atoms with Crippen molar-refractivity contribution in [3.63, 3.8) is 0 Å². The van der Waals surface area contributed by atoms with Crippen LogP contribution >= 0.6 is 117 Å². The van der Waals surface area contributed by atoms with Gasteiger partial charge in [0, 0.05) is 0 Å². The fraction of sp³-hybridized carbons (Fsp3) is 0. The highest BCUT2D eigenvalue weighted by molar-refractivity contribution is 14.6. The fourth-order valence-electron chi connectivity index (χ4n) is 0.889. The molecule has 2 aliphatic rings. The van der Waals surface area contributed by atoms with Gasteiger partial charge in [0.25, 0.3) is 0 Å². The third-order valence-corrected chi connectivity index (χ3v) is 20.6. The second-order valence-electron chi connectivity index (χ2n) is 2.61. The summed E-state index contributed by atoms with van der Waals surface area (Å²) in [6, 6.07) is 0. The summed E-state index contributed by atoms with van der Waals surface area (Å²) in [6.07, 6.45) is 0. The van der Waals surface area contributed by atoms with Gasteiger partial charge in [-0.1, -0.05) is 32.3 Å². The Morgan fingerprint density at radius 1 is 0.857 bits per heavy atom. The smallest absolute Gasteiger partial charge is 0.0692 e. The summed E-state index contributed by atoms with van der Waals surface area (Å²) in [5.41, 5.74) is 0. The SMILES string of the molecule is IS1(I)(I)(I)C=CSC1=C1SC=CS1. The molecule has 0 nitrogen and oxygen atoms in total. The monoisotopic (exact) mass is 712 g/mol. The van der Waals surface area contributed by atoms with E-state index in [1.165, 1.54) is 8.47 Å². The first-order valence-electron chi connectivity index (χ1n) is 3.29. The Labute approximate surface area is 144 Å². The lowest BCUT2D eigenvalue weighted by Crippen LogP contribution is -1.97. The first-order valence-corrected chi connectivity index (χ1v) is 18.6. The lowest BCUT2D eigenvalue weighted by atomic mass is 11.2. The van der Waals surface area contributed by atoms with Crippen LogP contribution in [0.1, 0.15) is 0 Å². The predicted octanol–water partition coefficient (Wildman–Crippen LogP) is 7.56. The van der Waals surface area contributed by atoms with Gasteiger partial charge in [-0.3, -0.25) is 0 Å². The van der Waals surface area contributed by atoms with E-state index < -0.39 is -3.02 Å². The van der Waals surface area contributed by atoms with Crippen LogP contribution in [0.25, 0.3) is 0 Å². The maximum Gasteiger partial charge on any atom is 0.0692 e. The molecule has 0 saturated heterocycles. The third kappa shape index (κ3) is 2.92. The summed E-state index contributed by atoms with van der Waals surface area (Å²) in [5.74, 6) is 0. The molecule has 2 rings (SSSR count). The van der Waals surface area contributed by atoms with Crippen molar-refractivity contribution in [3.05, 3.63) is 30.1 Å². The normalized spacial score (nSPS) is 36.3. The van der Waals surface area contributed by atoms with Crippen molar-refractivity contribution >= 4 is 117 Å². The molecule has 14 heavy (non-hydrogen) atoms. The molecule has 8 heteroatoms. The van der Waals surface area contributed by atoms with Gasteiger partial charge in [0.2, 0.25) is 0 Å². The van der Waals surface area contributed by atoms with E-state index in [-0.39, 0.29) is 0 Å². The van der Waals surface area contributed by atoms with E-state index in [1.807, 2.05) is 35.3 Å². The van der Waals surface area contributed by atoms with Crippen LogP contribution in [0, 0.1) is 0 Å². The van der Waals surface area contributed by atoms with Crippen LogP contribution in [0.4, 0.5) is 0 Å². The number of hydrogen-bond acceptors (Lipinski definition) is 3. The van der Waals surface area contributed by atoms with Gasteiger partial charge < -0.3 is 0 Å². The minimum Gasteiger partial charge on any atom is -0.0887 e. The molecular weight excluding hydrogens is 708 g/mol. The molecule has 2 aliphatic heterocycles. The summed E-state index contributed by atoms with van der Waals surface area (Å²) in [7, 11) is 0. The number of hydrogen-bond donors (Lipinski definition) is 0. The quantitative estimate of drug-likeness (QED) is 0.238. The van der Waals surface area contributed by atoms with E-state index in [0.717, 1.165) is 0 Å². The Balaban J connectivity index is 2.56. The third-order valence-electron chi connectivity index (χ3n) is 1.46. The first kappa shape index (κ1) is 14.0. The molecule has 80 valence electrons. The molecule has 0 amide bonds. The average Bonchev–Trinajstić information content (AvgIpc) is 2.52. The van der Waals surface area contributed by atoms with Crippen LogP contribution in [0.2, 0.25) is 0 Å². The standard InChI is InChI=1S/C6H4I4S4/c7-14(8,9,10)4-3-13-6(14)5-11-1-2-12-5/h1-4H. The zero-order chi connectivity index (χ0) is 10.5. The Morgan fingerprint density at radius 3 is 1.86 bits per heavy atom. The van der Waals surface area contributed by atoms with Gasteiger partial charge in [0.05, 0.1) is 8.47 Å². The molecule has 0 N–H and O–H groups in total. The van der Waals surface area contributed by atoms with Crippen LogP contribution in [-0.4, -0.2) is 0 Å². The van der Waals surface area contributed by atoms with Gasteiger partial charge in [-0.25, -0.2) is 0 Å². The molecule has 0 atom stereocenters. The van der Waals surface area contributed by atoms with Crippen molar-refractivity contribution in [2.75, 3.05) is 0 Å². The number of thioether (sulfide) groups is 3. The molecule has 0 fully saturated rings. The molecule has 0 aromatic heterocycles. The minimum atomic E-state index is -2.18. The topological polar surface area (TPSA) is 0 Å². The molecule has 0 radical (unpaired) electrons. The fourth-order valence-corrected chi connectivity index (χ4v) is 21.7. The van der Waals surface area contributed by atoms with Gasteiger partial charge in [0.1, 0.15) is 0 Å². The zero-order valence-electron chi connectivity index (χ0n) is 6.45. The highest BCUT2D eigenvalue weighted by Crippen LogP contribution is 3.20. The molecule has 0 aromatic rings. The lowest BCUT2D eigenvalue weighted by molar-refractivity contribution is 2.37. The minimum absolute atomic E-state index is 1.45. The van der Waals surface area contributed by atoms with E-state index in [4.69, 9.17) is 0 Å².